The van der Waals surface area contributed by atoms with E-state index in [-0.39, 0.29) is 0 Å². The second-order valence-corrected chi connectivity index (χ2v) is 5.50. The minimum Gasteiger partial charge on any atom is -0.0837 e. The third kappa shape index (κ3) is 2.52. The van der Waals surface area contributed by atoms with Crippen LogP contribution in [-0.2, 0) is 0 Å². The smallest absolute Gasteiger partial charge is 0.0475 e. The molecule has 0 aliphatic carbocycles. The molecule has 0 aliphatic rings. The van der Waals surface area contributed by atoms with E-state index < -0.39 is 0 Å². The van der Waals surface area contributed by atoms with Crippen LogP contribution in [-0.4, -0.2) is 0 Å². The Hall–Kier alpha value is -0.0100. The Kier molecular flexibility index (Phi) is 4.03. The van der Waals surface area contributed by atoms with Crippen molar-refractivity contribution in [3.63, 3.8) is 0 Å². The lowest BCUT2D eigenvalue weighted by Crippen LogP contribution is -1.96. The first-order valence-electron chi connectivity index (χ1n) is 4.92. The summed E-state index contributed by atoms with van der Waals surface area (Å²) >= 11 is 9.88. The number of hydrogen-bond donors (Lipinski definition) is 0. The first-order valence-corrected chi connectivity index (χ1v) is 6.09. The van der Waals surface area contributed by atoms with Gasteiger partial charge in [0.15, 0.2) is 0 Å². The first kappa shape index (κ1) is 12.1. The van der Waals surface area contributed by atoms with Crippen molar-refractivity contribution >= 4 is 27.5 Å². The van der Waals surface area contributed by atoms with E-state index in [0.717, 1.165) is 9.50 Å². The highest BCUT2D eigenvalue weighted by Gasteiger charge is 2.13. The van der Waals surface area contributed by atoms with Crippen LogP contribution in [0.5, 0.6) is 0 Å². The van der Waals surface area contributed by atoms with Gasteiger partial charge in [-0.3, -0.25) is 0 Å². The third-order valence-electron chi connectivity index (χ3n) is 2.34. The molecule has 0 nitrogen and oxygen atoms in total. The second-order valence-electron chi connectivity index (χ2n) is 4.21. The fourth-order valence-corrected chi connectivity index (χ4v) is 2.51. The molecule has 1 aromatic carbocycles. The van der Waals surface area contributed by atoms with Gasteiger partial charge in [-0.25, -0.2) is 0 Å². The molecule has 1 rings (SSSR count). The minimum atomic E-state index is 0.470. The summed E-state index contributed by atoms with van der Waals surface area (Å²) in [4.78, 5) is 0. The summed E-state index contributed by atoms with van der Waals surface area (Å²) in [6, 6.07) is 4.22. The van der Waals surface area contributed by atoms with Gasteiger partial charge < -0.3 is 0 Å². The van der Waals surface area contributed by atoms with E-state index in [9.17, 15) is 0 Å². The molecule has 0 atom stereocenters. The summed E-state index contributed by atoms with van der Waals surface area (Å²) in [6.07, 6.45) is 0. The van der Waals surface area contributed by atoms with Crippen molar-refractivity contribution in [3.05, 3.63) is 32.8 Å². The predicted octanol–water partition coefficient (Wildman–Crippen LogP) is 5.35. The van der Waals surface area contributed by atoms with Crippen molar-refractivity contribution in [2.24, 2.45) is 0 Å². The average molecular weight is 276 g/mol. The van der Waals surface area contributed by atoms with Gasteiger partial charge in [-0.1, -0.05) is 55.2 Å². The number of halogens is 2. The van der Waals surface area contributed by atoms with Crippen LogP contribution in [0.3, 0.4) is 0 Å². The number of benzene rings is 1. The average Bonchev–Trinajstić information content (AvgIpc) is 2.07. The monoisotopic (exact) mass is 274 g/mol. The van der Waals surface area contributed by atoms with Crippen molar-refractivity contribution in [1.82, 2.24) is 0 Å². The van der Waals surface area contributed by atoms with Crippen molar-refractivity contribution in [1.29, 1.82) is 0 Å². The van der Waals surface area contributed by atoms with Crippen LogP contribution in [0, 0.1) is 0 Å². The maximum absolute atomic E-state index is 6.35. The van der Waals surface area contributed by atoms with E-state index in [0.29, 0.717) is 11.8 Å². The molecule has 0 aromatic heterocycles. The lowest BCUT2D eigenvalue weighted by molar-refractivity contribution is 0.832. The minimum absolute atomic E-state index is 0.470. The fraction of sp³-hybridized carbons (Fsp3) is 0.500. The van der Waals surface area contributed by atoms with Gasteiger partial charge in [0, 0.05) is 9.50 Å². The van der Waals surface area contributed by atoms with Crippen LogP contribution in [0.4, 0.5) is 0 Å². The lowest BCUT2D eigenvalue weighted by atomic mass is 9.96. The standard InChI is InChI=1S/C12H16BrCl/c1-7(2)10-5-9(13)6-11(8(3)4)12(10)14/h5-8H,1-4H3. The van der Waals surface area contributed by atoms with Crippen molar-refractivity contribution < 1.29 is 0 Å². The Morgan fingerprint density at radius 1 is 1.00 bits per heavy atom. The second kappa shape index (κ2) is 4.67. The van der Waals surface area contributed by atoms with Crippen molar-refractivity contribution in [3.8, 4) is 0 Å². The molecular formula is C12H16BrCl. The molecule has 0 unspecified atom stereocenters. The van der Waals surface area contributed by atoms with Gasteiger partial charge in [-0.15, -0.1) is 0 Å². The van der Waals surface area contributed by atoms with Gasteiger partial charge in [0.1, 0.15) is 0 Å². The van der Waals surface area contributed by atoms with Crippen LogP contribution in [0.25, 0.3) is 0 Å². The number of hydrogen-bond acceptors (Lipinski definition) is 0. The van der Waals surface area contributed by atoms with Gasteiger partial charge in [0.25, 0.3) is 0 Å². The Morgan fingerprint density at radius 3 is 1.64 bits per heavy atom. The molecular weight excluding hydrogens is 259 g/mol. The Morgan fingerprint density at radius 2 is 1.36 bits per heavy atom. The molecule has 2 heteroatoms. The fourth-order valence-electron chi connectivity index (χ4n) is 1.47. The summed E-state index contributed by atoms with van der Waals surface area (Å²) < 4.78 is 1.12. The van der Waals surface area contributed by atoms with Gasteiger partial charge in [0.05, 0.1) is 0 Å². The van der Waals surface area contributed by atoms with Gasteiger partial charge >= 0.3 is 0 Å². The zero-order chi connectivity index (χ0) is 10.9. The van der Waals surface area contributed by atoms with Crippen LogP contribution in [0.15, 0.2) is 16.6 Å². The molecule has 14 heavy (non-hydrogen) atoms. The summed E-state index contributed by atoms with van der Waals surface area (Å²) in [5.74, 6) is 0.940. The Balaban J connectivity index is 3.32. The molecule has 0 spiro atoms. The summed E-state index contributed by atoms with van der Waals surface area (Å²) in [5.41, 5.74) is 2.45. The van der Waals surface area contributed by atoms with E-state index in [2.05, 4.69) is 55.8 Å². The quantitative estimate of drug-likeness (QED) is 0.682. The zero-order valence-corrected chi connectivity index (χ0v) is 11.4. The summed E-state index contributed by atoms with van der Waals surface area (Å²) in [7, 11) is 0. The van der Waals surface area contributed by atoms with Crippen molar-refractivity contribution in [2.75, 3.05) is 0 Å². The molecule has 0 amide bonds. The summed E-state index contributed by atoms with van der Waals surface area (Å²) in [6.45, 7) is 8.66. The molecule has 1 aromatic rings. The van der Waals surface area contributed by atoms with Crippen LogP contribution in [0.2, 0.25) is 5.02 Å². The van der Waals surface area contributed by atoms with Crippen LogP contribution in [0.1, 0.15) is 50.7 Å². The van der Waals surface area contributed by atoms with Gasteiger partial charge in [-0.2, -0.15) is 0 Å². The highest BCUT2D eigenvalue weighted by molar-refractivity contribution is 9.10. The highest BCUT2D eigenvalue weighted by Crippen LogP contribution is 2.34. The molecule has 0 saturated carbocycles. The third-order valence-corrected chi connectivity index (χ3v) is 3.23. The zero-order valence-electron chi connectivity index (χ0n) is 9.07. The SMILES string of the molecule is CC(C)c1cc(Br)cc(C(C)C)c1Cl. The molecule has 0 fully saturated rings. The first-order chi connectivity index (χ1) is 6.43. The molecule has 0 bridgehead atoms. The van der Waals surface area contributed by atoms with Gasteiger partial charge in [0.2, 0.25) is 0 Å². The van der Waals surface area contributed by atoms with Gasteiger partial charge in [-0.05, 0) is 35.1 Å². The molecule has 0 heterocycles. The lowest BCUT2D eigenvalue weighted by Gasteiger charge is -2.15. The maximum atomic E-state index is 6.35. The Labute approximate surface area is 99.8 Å². The molecule has 0 aliphatic heterocycles. The summed E-state index contributed by atoms with van der Waals surface area (Å²) in [5, 5.41) is 0.929. The number of rotatable bonds is 2. The normalized spacial score (nSPS) is 11.4. The van der Waals surface area contributed by atoms with E-state index in [1.807, 2.05) is 0 Å². The largest absolute Gasteiger partial charge is 0.0837 e. The van der Waals surface area contributed by atoms with Crippen LogP contribution < -0.4 is 0 Å². The van der Waals surface area contributed by atoms with E-state index >= 15 is 0 Å². The van der Waals surface area contributed by atoms with E-state index in [1.54, 1.807) is 0 Å². The molecule has 0 N–H and O–H groups in total. The molecule has 0 radical (unpaired) electrons. The highest BCUT2D eigenvalue weighted by atomic mass is 79.9. The molecule has 0 saturated heterocycles. The molecule has 78 valence electrons. The van der Waals surface area contributed by atoms with E-state index in [1.165, 1.54) is 11.1 Å². The maximum Gasteiger partial charge on any atom is 0.0475 e. The predicted molar refractivity (Wildman–Crippen MR) is 67.3 cm³/mol. The Bertz CT molecular complexity index is 300. The van der Waals surface area contributed by atoms with Crippen LogP contribution >= 0.6 is 27.5 Å². The van der Waals surface area contributed by atoms with Crippen molar-refractivity contribution in [2.45, 2.75) is 39.5 Å². The van der Waals surface area contributed by atoms with E-state index in [4.69, 9.17) is 11.6 Å². The topological polar surface area (TPSA) is 0 Å².